The van der Waals surface area contributed by atoms with E-state index in [-0.39, 0.29) is 11.9 Å². The van der Waals surface area contributed by atoms with Crippen LogP contribution in [0, 0.1) is 24.6 Å². The van der Waals surface area contributed by atoms with E-state index < -0.39 is 0 Å². The van der Waals surface area contributed by atoms with E-state index in [0.29, 0.717) is 12.3 Å². The number of hydrogen-bond donors (Lipinski definition) is 0. The zero-order valence-electron chi connectivity index (χ0n) is 14.7. The summed E-state index contributed by atoms with van der Waals surface area (Å²) in [7, 11) is 0. The van der Waals surface area contributed by atoms with E-state index in [4.69, 9.17) is 4.74 Å². The van der Waals surface area contributed by atoms with Crippen molar-refractivity contribution in [1.82, 2.24) is 14.8 Å². The normalized spacial score (nSPS) is 15.9. The molecule has 5 heteroatoms. The second-order valence-electron chi connectivity index (χ2n) is 6.49. The van der Waals surface area contributed by atoms with Gasteiger partial charge in [-0.25, -0.2) is 9.07 Å². The molecule has 0 aliphatic carbocycles. The number of halogens is 1. The molecule has 26 heavy (non-hydrogen) atoms. The molecular weight excluding hydrogens is 329 g/mol. The van der Waals surface area contributed by atoms with Gasteiger partial charge < -0.3 is 4.74 Å². The van der Waals surface area contributed by atoms with Gasteiger partial charge in [0.1, 0.15) is 11.5 Å². The summed E-state index contributed by atoms with van der Waals surface area (Å²) in [6.07, 6.45) is 4.39. The van der Waals surface area contributed by atoms with Gasteiger partial charge in [0.15, 0.2) is 0 Å². The Balaban J connectivity index is 1.79. The van der Waals surface area contributed by atoms with E-state index in [1.807, 2.05) is 24.6 Å². The van der Waals surface area contributed by atoms with Crippen LogP contribution in [0.4, 0.5) is 4.39 Å². The van der Waals surface area contributed by atoms with Crippen molar-refractivity contribution in [2.45, 2.75) is 33.0 Å². The van der Waals surface area contributed by atoms with Gasteiger partial charge in [0.05, 0.1) is 24.1 Å². The van der Waals surface area contributed by atoms with Crippen molar-refractivity contribution in [3.63, 3.8) is 0 Å². The molecule has 3 heterocycles. The van der Waals surface area contributed by atoms with Crippen molar-refractivity contribution >= 4 is 0 Å². The van der Waals surface area contributed by atoms with E-state index in [1.165, 1.54) is 12.1 Å². The third-order valence-corrected chi connectivity index (χ3v) is 4.35. The van der Waals surface area contributed by atoms with Crippen LogP contribution >= 0.6 is 0 Å². The molecule has 1 aliphatic heterocycles. The lowest BCUT2D eigenvalue weighted by Crippen LogP contribution is -2.21. The van der Waals surface area contributed by atoms with Gasteiger partial charge in [-0.2, -0.15) is 5.10 Å². The summed E-state index contributed by atoms with van der Waals surface area (Å²) in [4.78, 5) is 4.17. The third kappa shape index (κ3) is 3.24. The molecule has 130 valence electrons. The van der Waals surface area contributed by atoms with Crippen LogP contribution in [0.3, 0.4) is 0 Å². The first-order chi connectivity index (χ1) is 12.6. The molecular formula is C21H18FN3O. The average molecular weight is 347 g/mol. The van der Waals surface area contributed by atoms with E-state index in [0.717, 1.165) is 34.5 Å². The molecule has 0 unspecified atom stereocenters. The van der Waals surface area contributed by atoms with Crippen molar-refractivity contribution in [1.29, 1.82) is 0 Å². The van der Waals surface area contributed by atoms with Gasteiger partial charge >= 0.3 is 0 Å². The van der Waals surface area contributed by atoms with Crippen molar-refractivity contribution in [2.75, 3.05) is 0 Å². The average Bonchev–Trinajstić information content (AvgIpc) is 2.98. The van der Waals surface area contributed by atoms with Gasteiger partial charge in [0, 0.05) is 29.9 Å². The molecule has 0 bridgehead atoms. The number of rotatable bonds is 1. The molecule has 2 aromatic heterocycles. The quantitative estimate of drug-likeness (QED) is 0.632. The summed E-state index contributed by atoms with van der Waals surface area (Å²) >= 11 is 0. The maximum Gasteiger partial charge on any atom is 0.141 e. The molecule has 4 rings (SSSR count). The molecule has 4 nitrogen and oxygen atoms in total. The summed E-state index contributed by atoms with van der Waals surface area (Å²) < 4.78 is 20.9. The Morgan fingerprint density at radius 1 is 1.19 bits per heavy atom. The van der Waals surface area contributed by atoms with Gasteiger partial charge in [-0.15, -0.1) is 0 Å². The minimum absolute atomic E-state index is 0.111. The highest BCUT2D eigenvalue weighted by Crippen LogP contribution is 2.26. The Kier molecular flexibility index (Phi) is 4.27. The van der Waals surface area contributed by atoms with Crippen LogP contribution in [0.2, 0.25) is 0 Å². The number of pyridine rings is 1. The van der Waals surface area contributed by atoms with Crippen molar-refractivity contribution < 1.29 is 9.13 Å². The fourth-order valence-corrected chi connectivity index (χ4v) is 3.05. The van der Waals surface area contributed by atoms with Crippen LogP contribution in [0.5, 0.6) is 0 Å². The zero-order valence-corrected chi connectivity index (χ0v) is 14.7. The van der Waals surface area contributed by atoms with Crippen molar-refractivity contribution in [3.05, 3.63) is 76.6 Å². The molecule has 0 N–H and O–H groups in total. The van der Waals surface area contributed by atoms with Crippen molar-refractivity contribution in [3.8, 4) is 17.5 Å². The molecule has 0 fully saturated rings. The first kappa shape index (κ1) is 16.5. The first-order valence-corrected chi connectivity index (χ1v) is 8.52. The van der Waals surface area contributed by atoms with E-state index in [9.17, 15) is 4.39 Å². The Morgan fingerprint density at radius 2 is 2.00 bits per heavy atom. The predicted molar refractivity (Wildman–Crippen MR) is 96.4 cm³/mol. The highest BCUT2D eigenvalue weighted by atomic mass is 19.1. The maximum atomic E-state index is 13.3. The summed E-state index contributed by atoms with van der Waals surface area (Å²) in [5, 5.41) is 4.68. The van der Waals surface area contributed by atoms with Gasteiger partial charge in [-0.1, -0.05) is 5.92 Å². The molecule has 1 atom stereocenters. The first-order valence-electron chi connectivity index (χ1n) is 8.52. The molecule has 0 radical (unpaired) electrons. The molecule has 1 aliphatic rings. The lowest BCUT2D eigenvalue weighted by atomic mass is 10.1. The number of nitrogens with zero attached hydrogens (tertiary/aromatic N) is 3. The Morgan fingerprint density at radius 3 is 2.77 bits per heavy atom. The van der Waals surface area contributed by atoms with Crippen molar-refractivity contribution in [2.24, 2.45) is 0 Å². The highest BCUT2D eigenvalue weighted by molar-refractivity contribution is 5.47. The molecule has 1 aromatic carbocycles. The molecule has 3 aromatic rings. The lowest BCUT2D eigenvalue weighted by molar-refractivity contribution is 0.0397. The standard InChI is InChI=1S/C21H18FN3O/c1-14-9-16(12-23-11-14)3-8-20-19-13-26-15(2)10-21(19)25(24-20)18-6-4-17(22)5-7-18/h4-7,9,11-12,15H,10,13H2,1-2H3/t15-/m0/s1. The van der Waals surface area contributed by atoms with Gasteiger partial charge in [-0.3, -0.25) is 4.98 Å². The molecule has 0 saturated heterocycles. The van der Waals surface area contributed by atoms with Crippen LogP contribution in [-0.4, -0.2) is 20.9 Å². The Labute approximate surface area is 151 Å². The van der Waals surface area contributed by atoms with Crippen LogP contribution in [0.25, 0.3) is 5.69 Å². The molecule has 0 amide bonds. The summed E-state index contributed by atoms with van der Waals surface area (Å²) in [5.74, 6) is 6.02. The third-order valence-electron chi connectivity index (χ3n) is 4.35. The topological polar surface area (TPSA) is 39.9 Å². The maximum absolute atomic E-state index is 13.3. The van der Waals surface area contributed by atoms with Crippen LogP contribution < -0.4 is 0 Å². The highest BCUT2D eigenvalue weighted by Gasteiger charge is 2.24. The zero-order chi connectivity index (χ0) is 18.1. The summed E-state index contributed by atoms with van der Waals surface area (Å²) in [5.41, 5.74) is 5.50. The van der Waals surface area contributed by atoms with E-state index in [2.05, 4.69) is 21.9 Å². The number of ether oxygens (including phenoxy) is 1. The summed E-state index contributed by atoms with van der Waals surface area (Å²) in [6.45, 7) is 4.50. The van der Waals surface area contributed by atoms with E-state index in [1.54, 1.807) is 24.5 Å². The number of fused-ring (bicyclic) bond motifs is 1. The number of benzene rings is 1. The SMILES string of the molecule is Cc1cncc(C#Cc2nn(-c3ccc(F)cc3)c3c2CO[C@@H](C)C3)c1. The fraction of sp³-hybridized carbons (Fsp3) is 0.238. The largest absolute Gasteiger partial charge is 0.373 e. The minimum atomic E-state index is -0.265. The fourth-order valence-electron chi connectivity index (χ4n) is 3.05. The molecule has 0 saturated carbocycles. The lowest BCUT2D eigenvalue weighted by Gasteiger charge is -2.20. The van der Waals surface area contributed by atoms with Crippen LogP contribution in [-0.2, 0) is 17.8 Å². The van der Waals surface area contributed by atoms with Crippen LogP contribution in [0.15, 0.2) is 42.7 Å². The molecule has 0 spiro atoms. The number of aromatic nitrogens is 3. The summed E-state index contributed by atoms with van der Waals surface area (Å²) in [6, 6.07) is 8.32. The second kappa shape index (κ2) is 6.74. The minimum Gasteiger partial charge on any atom is -0.373 e. The number of hydrogen-bond acceptors (Lipinski definition) is 3. The smallest absolute Gasteiger partial charge is 0.141 e. The van der Waals surface area contributed by atoms with Crippen LogP contribution in [0.1, 0.15) is 35.0 Å². The van der Waals surface area contributed by atoms with E-state index >= 15 is 0 Å². The second-order valence-corrected chi connectivity index (χ2v) is 6.49. The Bertz CT molecular complexity index is 1010. The van der Waals surface area contributed by atoms with Gasteiger partial charge in [0.25, 0.3) is 0 Å². The van der Waals surface area contributed by atoms with Gasteiger partial charge in [0.2, 0.25) is 0 Å². The monoisotopic (exact) mass is 347 g/mol. The number of aryl methyl sites for hydroxylation is 1. The van der Waals surface area contributed by atoms with Gasteiger partial charge in [-0.05, 0) is 55.7 Å². The Hall–Kier alpha value is -2.97. The predicted octanol–water partition coefficient (Wildman–Crippen LogP) is 3.58.